The molecule has 0 saturated heterocycles. The summed E-state index contributed by atoms with van der Waals surface area (Å²) in [6, 6.07) is 9.15. The van der Waals surface area contributed by atoms with Crippen LogP contribution >= 0.6 is 11.8 Å². The minimum atomic E-state index is -0.833. The largest absolute Gasteiger partial charge is 0.320 e. The lowest BCUT2D eigenvalue weighted by atomic mass is 10.1. The molecule has 0 aliphatic carbocycles. The fourth-order valence-electron chi connectivity index (χ4n) is 2.42. The first kappa shape index (κ1) is 19.0. The number of halogens is 2. The van der Waals surface area contributed by atoms with Gasteiger partial charge in [0.05, 0.1) is 10.9 Å². The molecular weight excluding hydrogens is 372 g/mol. The van der Waals surface area contributed by atoms with E-state index in [0.717, 1.165) is 40.7 Å². The van der Waals surface area contributed by atoms with Crippen molar-refractivity contribution >= 4 is 23.4 Å². The summed E-state index contributed by atoms with van der Waals surface area (Å²) in [6.45, 7) is 5.55. The fraction of sp³-hybridized carbons (Fsp3) is 0.222. The number of para-hydroxylation sites is 1. The molecular formula is C18H17F2N5OS. The summed E-state index contributed by atoms with van der Waals surface area (Å²) in [5, 5.41) is 13.6. The van der Waals surface area contributed by atoms with Crippen LogP contribution in [0.5, 0.6) is 0 Å². The molecule has 1 unspecified atom stereocenters. The molecule has 0 spiro atoms. The van der Waals surface area contributed by atoms with Crippen molar-refractivity contribution in [3.8, 4) is 5.69 Å². The lowest BCUT2D eigenvalue weighted by molar-refractivity contribution is -0.115. The summed E-state index contributed by atoms with van der Waals surface area (Å²) in [5.74, 6) is -2.22. The normalized spacial score (nSPS) is 12.0. The van der Waals surface area contributed by atoms with Gasteiger partial charge in [-0.15, -0.1) is 5.10 Å². The molecule has 2 aromatic carbocycles. The molecule has 0 fully saturated rings. The highest BCUT2D eigenvalue weighted by molar-refractivity contribution is 8.00. The fourth-order valence-corrected chi connectivity index (χ4v) is 3.22. The van der Waals surface area contributed by atoms with Gasteiger partial charge >= 0.3 is 0 Å². The van der Waals surface area contributed by atoms with E-state index in [1.54, 1.807) is 11.6 Å². The lowest BCUT2D eigenvalue weighted by Gasteiger charge is -2.13. The molecule has 0 saturated carbocycles. The van der Waals surface area contributed by atoms with E-state index in [1.165, 1.54) is 6.07 Å². The maximum atomic E-state index is 13.7. The molecule has 3 aromatic rings. The Morgan fingerprint density at radius 1 is 1.15 bits per heavy atom. The average Bonchev–Trinajstić information content (AvgIpc) is 3.08. The van der Waals surface area contributed by atoms with Gasteiger partial charge < -0.3 is 5.32 Å². The SMILES string of the molecule is Cc1cccc(-n2nnnc2SC(C)C(=O)Nc2c(F)cccc2F)c1C. The van der Waals surface area contributed by atoms with Gasteiger partial charge in [0.1, 0.15) is 17.3 Å². The summed E-state index contributed by atoms with van der Waals surface area (Å²) in [7, 11) is 0. The average molecular weight is 389 g/mol. The maximum absolute atomic E-state index is 13.7. The van der Waals surface area contributed by atoms with Crippen LogP contribution < -0.4 is 5.32 Å². The minimum absolute atomic E-state index is 0.403. The number of hydrogen-bond acceptors (Lipinski definition) is 5. The molecule has 0 radical (unpaired) electrons. The van der Waals surface area contributed by atoms with Gasteiger partial charge in [0.25, 0.3) is 0 Å². The zero-order chi connectivity index (χ0) is 19.6. The number of rotatable bonds is 5. The molecule has 6 nitrogen and oxygen atoms in total. The minimum Gasteiger partial charge on any atom is -0.320 e. The summed E-state index contributed by atoms with van der Waals surface area (Å²) >= 11 is 1.10. The van der Waals surface area contributed by atoms with E-state index in [-0.39, 0.29) is 0 Å². The third kappa shape index (κ3) is 3.97. The molecule has 0 aliphatic rings. The number of hydrogen-bond donors (Lipinski definition) is 1. The third-order valence-electron chi connectivity index (χ3n) is 4.11. The number of anilines is 1. The van der Waals surface area contributed by atoms with Crippen LogP contribution in [0.3, 0.4) is 0 Å². The molecule has 1 aromatic heterocycles. The Morgan fingerprint density at radius 3 is 2.52 bits per heavy atom. The number of tetrazole rings is 1. The molecule has 1 amide bonds. The second-order valence-electron chi connectivity index (χ2n) is 5.94. The summed E-state index contributed by atoms with van der Waals surface area (Å²) in [5.41, 5.74) is 2.43. The van der Waals surface area contributed by atoms with Crippen molar-refractivity contribution in [1.29, 1.82) is 0 Å². The molecule has 27 heavy (non-hydrogen) atoms. The predicted molar refractivity (Wildman–Crippen MR) is 98.9 cm³/mol. The van der Waals surface area contributed by atoms with Gasteiger partial charge in [-0.2, -0.15) is 4.68 Å². The number of nitrogens with one attached hydrogen (secondary N) is 1. The molecule has 1 N–H and O–H groups in total. The Kier molecular flexibility index (Phi) is 5.50. The van der Waals surface area contributed by atoms with Crippen LogP contribution in [0.1, 0.15) is 18.1 Å². The third-order valence-corrected chi connectivity index (χ3v) is 5.14. The first-order valence-corrected chi connectivity index (χ1v) is 9.03. The monoisotopic (exact) mass is 389 g/mol. The highest BCUT2D eigenvalue weighted by Crippen LogP contribution is 2.27. The van der Waals surface area contributed by atoms with Gasteiger partial charge in [-0.05, 0) is 60.5 Å². The Hall–Kier alpha value is -2.81. The number of nitrogens with zero attached hydrogens (tertiary/aromatic N) is 4. The van der Waals surface area contributed by atoms with Crippen LogP contribution in [0.15, 0.2) is 41.6 Å². The van der Waals surface area contributed by atoms with Gasteiger partial charge in [-0.1, -0.05) is 30.0 Å². The Labute approximate surface area is 159 Å². The van der Waals surface area contributed by atoms with Crippen molar-refractivity contribution in [2.45, 2.75) is 31.2 Å². The van der Waals surface area contributed by atoms with Crippen molar-refractivity contribution < 1.29 is 13.6 Å². The first-order chi connectivity index (χ1) is 12.9. The Bertz CT molecular complexity index is 971. The number of aryl methyl sites for hydroxylation is 1. The van der Waals surface area contributed by atoms with E-state index >= 15 is 0 Å². The highest BCUT2D eigenvalue weighted by Gasteiger charge is 2.22. The van der Waals surface area contributed by atoms with E-state index in [0.29, 0.717) is 5.16 Å². The van der Waals surface area contributed by atoms with Gasteiger partial charge in [0.15, 0.2) is 0 Å². The van der Waals surface area contributed by atoms with Gasteiger partial charge in [0, 0.05) is 0 Å². The quantitative estimate of drug-likeness (QED) is 0.674. The number of aromatic nitrogens is 4. The zero-order valence-electron chi connectivity index (χ0n) is 14.9. The van der Waals surface area contributed by atoms with Crippen molar-refractivity contribution in [3.05, 3.63) is 59.2 Å². The van der Waals surface area contributed by atoms with Crippen LogP contribution in [-0.2, 0) is 4.79 Å². The van der Waals surface area contributed by atoms with E-state index in [1.807, 2.05) is 32.0 Å². The van der Waals surface area contributed by atoms with E-state index < -0.39 is 28.5 Å². The summed E-state index contributed by atoms with van der Waals surface area (Å²) < 4.78 is 29.0. The van der Waals surface area contributed by atoms with Crippen LogP contribution in [0.2, 0.25) is 0 Å². The number of benzene rings is 2. The van der Waals surface area contributed by atoms with Gasteiger partial charge in [-0.25, -0.2) is 8.78 Å². The van der Waals surface area contributed by atoms with Crippen molar-refractivity contribution in [2.24, 2.45) is 0 Å². The van der Waals surface area contributed by atoms with E-state index in [9.17, 15) is 13.6 Å². The summed E-state index contributed by atoms with van der Waals surface area (Å²) in [6.07, 6.45) is 0. The molecule has 0 bridgehead atoms. The second kappa shape index (κ2) is 7.83. The van der Waals surface area contributed by atoms with E-state index in [4.69, 9.17) is 0 Å². The Morgan fingerprint density at radius 2 is 1.81 bits per heavy atom. The van der Waals surface area contributed by atoms with Crippen molar-refractivity contribution in [1.82, 2.24) is 20.2 Å². The topological polar surface area (TPSA) is 72.7 Å². The van der Waals surface area contributed by atoms with Gasteiger partial charge in [-0.3, -0.25) is 4.79 Å². The number of thioether (sulfide) groups is 1. The van der Waals surface area contributed by atoms with Crippen LogP contribution in [0.4, 0.5) is 14.5 Å². The molecule has 0 aliphatic heterocycles. The zero-order valence-corrected chi connectivity index (χ0v) is 15.7. The number of carbonyl (C=O) groups is 1. The standard InChI is InChI=1S/C18H17F2N5OS/c1-10-6-4-9-15(11(10)2)25-18(22-23-24-25)27-12(3)17(26)21-16-13(19)7-5-8-14(16)20/h4-9,12H,1-3H3,(H,21,26). The Balaban J connectivity index is 1.79. The lowest BCUT2D eigenvalue weighted by Crippen LogP contribution is -2.24. The molecule has 1 atom stereocenters. The predicted octanol–water partition coefficient (Wildman–Crippen LogP) is 3.68. The van der Waals surface area contributed by atoms with E-state index in [2.05, 4.69) is 20.8 Å². The number of carbonyl (C=O) groups excluding carboxylic acids is 1. The van der Waals surface area contributed by atoms with Crippen LogP contribution in [0.25, 0.3) is 5.69 Å². The first-order valence-electron chi connectivity index (χ1n) is 8.15. The van der Waals surface area contributed by atoms with Crippen molar-refractivity contribution in [2.75, 3.05) is 5.32 Å². The number of amides is 1. The molecule has 140 valence electrons. The van der Waals surface area contributed by atoms with Crippen LogP contribution in [0, 0.1) is 25.5 Å². The smallest absolute Gasteiger partial charge is 0.237 e. The summed E-state index contributed by atoms with van der Waals surface area (Å²) in [4.78, 5) is 12.4. The highest BCUT2D eigenvalue weighted by atomic mass is 32.2. The van der Waals surface area contributed by atoms with Crippen molar-refractivity contribution in [3.63, 3.8) is 0 Å². The molecule has 1 heterocycles. The van der Waals surface area contributed by atoms with Crippen LogP contribution in [-0.4, -0.2) is 31.4 Å². The molecule has 9 heteroatoms. The maximum Gasteiger partial charge on any atom is 0.237 e. The van der Waals surface area contributed by atoms with Gasteiger partial charge in [0.2, 0.25) is 11.1 Å². The molecule has 3 rings (SSSR count). The second-order valence-corrected chi connectivity index (χ2v) is 7.25.